The summed E-state index contributed by atoms with van der Waals surface area (Å²) >= 11 is 5.96. The molecule has 0 atom stereocenters. The second-order valence-electron chi connectivity index (χ2n) is 2.63. The van der Waals surface area contributed by atoms with E-state index in [1.54, 1.807) is 6.20 Å². The van der Waals surface area contributed by atoms with Gasteiger partial charge in [-0.05, 0) is 18.6 Å². The smallest absolute Gasteiger partial charge is 0.145 e. The van der Waals surface area contributed by atoms with Gasteiger partial charge in [-0.1, -0.05) is 11.6 Å². The third-order valence-corrected chi connectivity index (χ3v) is 2.09. The molecule has 0 aromatic carbocycles. The molecule has 0 saturated heterocycles. The first-order valence-corrected chi connectivity index (χ1v) is 4.35. The fraction of sp³-hybridized carbons (Fsp3) is 0.333. The minimum absolute atomic E-state index is 0.450. The highest BCUT2D eigenvalue weighted by Crippen LogP contribution is 2.22. The number of nitriles is 1. The van der Waals surface area contributed by atoms with Gasteiger partial charge in [0.1, 0.15) is 5.82 Å². The van der Waals surface area contributed by atoms with Gasteiger partial charge >= 0.3 is 0 Å². The van der Waals surface area contributed by atoms with E-state index >= 15 is 0 Å². The van der Waals surface area contributed by atoms with Crippen molar-refractivity contribution in [3.05, 3.63) is 22.8 Å². The summed E-state index contributed by atoms with van der Waals surface area (Å²) in [6.45, 7) is 2.49. The Labute approximate surface area is 82.4 Å². The Balaban J connectivity index is 2.67. The Kier molecular flexibility index (Phi) is 3.53. The van der Waals surface area contributed by atoms with E-state index in [9.17, 15) is 0 Å². The zero-order chi connectivity index (χ0) is 9.68. The molecular weight excluding hydrogens is 186 g/mol. The molecule has 0 unspecified atom stereocenters. The first kappa shape index (κ1) is 9.82. The first-order valence-electron chi connectivity index (χ1n) is 3.97. The number of rotatable bonds is 3. The molecule has 0 amide bonds. The first-order chi connectivity index (χ1) is 6.25. The number of anilines is 1. The molecule has 0 spiro atoms. The zero-order valence-electron chi connectivity index (χ0n) is 7.34. The second kappa shape index (κ2) is 4.68. The average molecular weight is 196 g/mol. The number of hydrogen-bond acceptors (Lipinski definition) is 3. The molecule has 1 aromatic rings. The molecule has 0 aliphatic rings. The van der Waals surface area contributed by atoms with Crippen molar-refractivity contribution in [3.8, 4) is 6.07 Å². The van der Waals surface area contributed by atoms with Crippen molar-refractivity contribution in [1.29, 1.82) is 5.26 Å². The number of aromatic nitrogens is 1. The summed E-state index contributed by atoms with van der Waals surface area (Å²) in [5.74, 6) is 0.650. The van der Waals surface area contributed by atoms with Crippen LogP contribution in [0.1, 0.15) is 12.0 Å². The lowest BCUT2D eigenvalue weighted by Gasteiger charge is -2.06. The van der Waals surface area contributed by atoms with Crippen molar-refractivity contribution in [2.75, 3.05) is 11.9 Å². The number of hydrogen-bond donors (Lipinski definition) is 1. The number of aryl methyl sites for hydroxylation is 1. The summed E-state index contributed by atoms with van der Waals surface area (Å²) in [7, 11) is 0. The molecule has 0 aliphatic heterocycles. The lowest BCUT2D eigenvalue weighted by Crippen LogP contribution is -2.03. The van der Waals surface area contributed by atoms with Crippen molar-refractivity contribution in [2.45, 2.75) is 13.3 Å². The lowest BCUT2D eigenvalue weighted by atomic mass is 10.3. The lowest BCUT2D eigenvalue weighted by molar-refractivity contribution is 1.05. The molecule has 0 aliphatic carbocycles. The number of nitrogens with zero attached hydrogens (tertiary/aromatic N) is 2. The standard InChI is InChI=1S/C9H10ClN3/c1-7-3-6-13-9(8(7)10)12-5-2-4-11/h3,6H,2,5H2,1H3,(H,12,13). The van der Waals surface area contributed by atoms with Crippen LogP contribution < -0.4 is 5.32 Å². The van der Waals surface area contributed by atoms with Crippen LogP contribution in [0.5, 0.6) is 0 Å². The van der Waals surface area contributed by atoms with Crippen LogP contribution in [0.2, 0.25) is 5.02 Å². The Hall–Kier alpha value is -1.27. The van der Waals surface area contributed by atoms with Crippen LogP contribution in [-0.2, 0) is 0 Å². The zero-order valence-corrected chi connectivity index (χ0v) is 8.10. The molecule has 1 N–H and O–H groups in total. The third-order valence-electron chi connectivity index (χ3n) is 1.61. The molecule has 1 rings (SSSR count). The van der Waals surface area contributed by atoms with Crippen molar-refractivity contribution in [2.24, 2.45) is 0 Å². The van der Waals surface area contributed by atoms with Crippen LogP contribution in [0, 0.1) is 18.3 Å². The Bertz CT molecular complexity index is 330. The van der Waals surface area contributed by atoms with E-state index < -0.39 is 0 Å². The quantitative estimate of drug-likeness (QED) is 0.754. The molecule has 1 heterocycles. The summed E-state index contributed by atoms with van der Waals surface area (Å²) in [6, 6.07) is 3.88. The summed E-state index contributed by atoms with van der Waals surface area (Å²) in [5.41, 5.74) is 0.983. The SMILES string of the molecule is Cc1ccnc(NCCC#N)c1Cl. The van der Waals surface area contributed by atoms with E-state index in [2.05, 4.69) is 10.3 Å². The molecule has 68 valence electrons. The molecule has 0 fully saturated rings. The minimum Gasteiger partial charge on any atom is -0.368 e. The summed E-state index contributed by atoms with van der Waals surface area (Å²) in [5, 5.41) is 11.9. The van der Waals surface area contributed by atoms with Crippen molar-refractivity contribution in [1.82, 2.24) is 4.98 Å². The van der Waals surface area contributed by atoms with Crippen LogP contribution in [0.4, 0.5) is 5.82 Å². The monoisotopic (exact) mass is 195 g/mol. The van der Waals surface area contributed by atoms with Gasteiger partial charge in [-0.15, -0.1) is 0 Å². The average Bonchev–Trinajstić information content (AvgIpc) is 2.13. The highest BCUT2D eigenvalue weighted by atomic mass is 35.5. The molecule has 0 saturated carbocycles. The summed E-state index contributed by atoms with van der Waals surface area (Å²) < 4.78 is 0. The van der Waals surface area contributed by atoms with E-state index in [1.807, 2.05) is 19.1 Å². The maximum atomic E-state index is 8.32. The van der Waals surface area contributed by atoms with Crippen LogP contribution in [-0.4, -0.2) is 11.5 Å². The molecule has 0 bridgehead atoms. The predicted octanol–water partition coefficient (Wildman–Crippen LogP) is 2.37. The van der Waals surface area contributed by atoms with Crippen molar-refractivity contribution >= 4 is 17.4 Å². The van der Waals surface area contributed by atoms with E-state index in [0.717, 1.165) is 5.56 Å². The topological polar surface area (TPSA) is 48.7 Å². The van der Waals surface area contributed by atoms with Gasteiger partial charge in [0.25, 0.3) is 0 Å². The second-order valence-corrected chi connectivity index (χ2v) is 3.00. The summed E-state index contributed by atoms with van der Waals surface area (Å²) in [6.07, 6.45) is 2.14. The maximum absolute atomic E-state index is 8.32. The summed E-state index contributed by atoms with van der Waals surface area (Å²) in [4.78, 5) is 4.06. The Morgan fingerprint density at radius 2 is 2.46 bits per heavy atom. The maximum Gasteiger partial charge on any atom is 0.145 e. The minimum atomic E-state index is 0.450. The van der Waals surface area contributed by atoms with E-state index in [1.165, 1.54) is 0 Å². The Morgan fingerprint density at radius 3 is 3.15 bits per heavy atom. The van der Waals surface area contributed by atoms with E-state index in [0.29, 0.717) is 23.8 Å². The van der Waals surface area contributed by atoms with Crippen molar-refractivity contribution < 1.29 is 0 Å². The number of pyridine rings is 1. The van der Waals surface area contributed by atoms with Gasteiger partial charge in [-0.3, -0.25) is 0 Å². The van der Waals surface area contributed by atoms with Gasteiger partial charge in [0.2, 0.25) is 0 Å². The fourth-order valence-corrected chi connectivity index (χ4v) is 1.08. The van der Waals surface area contributed by atoms with Crippen LogP contribution in [0.15, 0.2) is 12.3 Å². The molecule has 1 aromatic heterocycles. The van der Waals surface area contributed by atoms with Crippen LogP contribution >= 0.6 is 11.6 Å². The van der Waals surface area contributed by atoms with Crippen LogP contribution in [0.25, 0.3) is 0 Å². The highest BCUT2D eigenvalue weighted by Gasteiger charge is 2.02. The van der Waals surface area contributed by atoms with Gasteiger partial charge in [0, 0.05) is 12.7 Å². The highest BCUT2D eigenvalue weighted by molar-refractivity contribution is 6.33. The van der Waals surface area contributed by atoms with Gasteiger partial charge in [0.05, 0.1) is 17.5 Å². The largest absolute Gasteiger partial charge is 0.368 e. The third kappa shape index (κ3) is 2.60. The van der Waals surface area contributed by atoms with E-state index in [4.69, 9.17) is 16.9 Å². The van der Waals surface area contributed by atoms with Gasteiger partial charge in [0.15, 0.2) is 0 Å². The molecule has 0 radical (unpaired) electrons. The van der Waals surface area contributed by atoms with Crippen LogP contribution in [0.3, 0.4) is 0 Å². The Morgan fingerprint density at radius 1 is 1.69 bits per heavy atom. The van der Waals surface area contributed by atoms with Crippen molar-refractivity contribution in [3.63, 3.8) is 0 Å². The molecule has 3 nitrogen and oxygen atoms in total. The van der Waals surface area contributed by atoms with E-state index in [-0.39, 0.29) is 0 Å². The number of halogens is 1. The number of nitrogens with one attached hydrogen (secondary N) is 1. The molecule has 4 heteroatoms. The van der Waals surface area contributed by atoms with Gasteiger partial charge in [-0.25, -0.2) is 4.98 Å². The molecule has 13 heavy (non-hydrogen) atoms. The predicted molar refractivity (Wildman–Crippen MR) is 52.7 cm³/mol. The fourth-order valence-electron chi connectivity index (χ4n) is 0.900. The van der Waals surface area contributed by atoms with Gasteiger partial charge in [-0.2, -0.15) is 5.26 Å². The normalized spacial score (nSPS) is 9.31. The van der Waals surface area contributed by atoms with Gasteiger partial charge < -0.3 is 5.32 Å². The molecular formula is C9H10ClN3.